The molecule has 10 heteroatoms. The summed E-state index contributed by atoms with van der Waals surface area (Å²) in [4.78, 5) is 23.5. The second-order valence-electron chi connectivity index (χ2n) is 9.99. The van der Waals surface area contributed by atoms with Gasteiger partial charge in [0.25, 0.3) is 5.03 Å². The molecule has 2 amide bonds. The van der Waals surface area contributed by atoms with Gasteiger partial charge in [-0.15, -0.1) is 0 Å². The number of thioether (sulfide) groups is 1. The van der Waals surface area contributed by atoms with Crippen molar-refractivity contribution >= 4 is 29.3 Å². The molecule has 2 aromatic carbocycles. The van der Waals surface area contributed by atoms with Crippen molar-refractivity contribution in [3.05, 3.63) is 94.8 Å². The van der Waals surface area contributed by atoms with E-state index in [1.165, 1.54) is 24.9 Å². The van der Waals surface area contributed by atoms with Gasteiger partial charge in [0.05, 0.1) is 18.8 Å². The molecule has 0 radical (unpaired) electrons. The summed E-state index contributed by atoms with van der Waals surface area (Å²) in [5, 5.41) is 27.9. The zero-order valence-corrected chi connectivity index (χ0v) is 24.0. The summed E-state index contributed by atoms with van der Waals surface area (Å²) in [5.41, 5.74) is 3.25. The van der Waals surface area contributed by atoms with E-state index in [4.69, 9.17) is 9.47 Å². The van der Waals surface area contributed by atoms with Gasteiger partial charge in [0, 0.05) is 55.4 Å². The van der Waals surface area contributed by atoms with Gasteiger partial charge in [-0.2, -0.15) is 4.73 Å². The molecule has 0 unspecified atom stereocenters. The van der Waals surface area contributed by atoms with E-state index in [2.05, 4.69) is 10.6 Å². The molecule has 1 aliphatic heterocycles. The van der Waals surface area contributed by atoms with Gasteiger partial charge < -0.3 is 30.4 Å². The van der Waals surface area contributed by atoms with E-state index in [0.717, 1.165) is 40.7 Å². The minimum atomic E-state index is -0.669. The fourth-order valence-corrected chi connectivity index (χ4v) is 5.50. The number of nitrogens with one attached hydrogen (secondary N) is 2. The SMILES string of the molecule is CC(=O)NCCCCCC(=O)Nc1cccc([C@@H]2O[C@H](CSc3cccc[n+]3[O-])C[C@H](c3ccc(CO)cc3)O2)c1. The molecule has 4 rings (SSSR count). The van der Waals surface area contributed by atoms with Crippen molar-refractivity contribution in [1.29, 1.82) is 0 Å². The number of carbonyl (C=O) groups is 2. The maximum absolute atomic E-state index is 12.5. The average molecular weight is 580 g/mol. The van der Waals surface area contributed by atoms with Crippen LogP contribution in [0.5, 0.6) is 0 Å². The van der Waals surface area contributed by atoms with E-state index in [0.29, 0.717) is 35.9 Å². The van der Waals surface area contributed by atoms with Crippen LogP contribution in [0.15, 0.2) is 78.0 Å². The zero-order chi connectivity index (χ0) is 29.0. The first kappa shape index (κ1) is 30.5. The first-order chi connectivity index (χ1) is 19.9. The highest BCUT2D eigenvalue weighted by atomic mass is 32.2. The van der Waals surface area contributed by atoms with E-state index >= 15 is 0 Å². The second kappa shape index (κ2) is 15.5. The Labute approximate surface area is 244 Å². The predicted molar refractivity (Wildman–Crippen MR) is 157 cm³/mol. The molecule has 3 atom stereocenters. The zero-order valence-electron chi connectivity index (χ0n) is 23.2. The van der Waals surface area contributed by atoms with Crippen LogP contribution in [-0.2, 0) is 25.7 Å². The van der Waals surface area contributed by atoms with Gasteiger partial charge in [0.2, 0.25) is 11.8 Å². The van der Waals surface area contributed by atoms with Gasteiger partial charge in [-0.05, 0) is 42.2 Å². The number of nitrogens with zero attached hydrogens (tertiary/aromatic N) is 1. The Morgan fingerprint density at radius 3 is 2.61 bits per heavy atom. The largest absolute Gasteiger partial charge is 0.618 e. The van der Waals surface area contributed by atoms with E-state index in [1.54, 1.807) is 12.1 Å². The Morgan fingerprint density at radius 2 is 1.85 bits per heavy atom. The average Bonchev–Trinajstić information content (AvgIpc) is 2.98. The number of rotatable bonds is 13. The van der Waals surface area contributed by atoms with Crippen LogP contribution in [0.3, 0.4) is 0 Å². The summed E-state index contributed by atoms with van der Waals surface area (Å²) in [7, 11) is 0. The number of hydrogen-bond acceptors (Lipinski definition) is 7. The second-order valence-corrected chi connectivity index (χ2v) is 11.0. The van der Waals surface area contributed by atoms with Gasteiger partial charge in [-0.3, -0.25) is 9.59 Å². The summed E-state index contributed by atoms with van der Waals surface area (Å²) in [6.45, 7) is 2.08. The minimum Gasteiger partial charge on any atom is -0.618 e. The van der Waals surface area contributed by atoms with Crippen LogP contribution in [0.2, 0.25) is 0 Å². The number of unbranched alkanes of at least 4 members (excludes halogenated alkanes) is 2. The summed E-state index contributed by atoms with van der Waals surface area (Å²) in [5.74, 6) is 0.448. The Balaban J connectivity index is 1.41. The normalized spacial score (nSPS) is 18.5. The van der Waals surface area contributed by atoms with Crippen molar-refractivity contribution < 1.29 is 28.9 Å². The summed E-state index contributed by atoms with van der Waals surface area (Å²) in [6, 6.07) is 20.5. The molecule has 1 aromatic heterocycles. The lowest BCUT2D eigenvalue weighted by Gasteiger charge is -2.36. The summed E-state index contributed by atoms with van der Waals surface area (Å²) < 4.78 is 13.6. The van der Waals surface area contributed by atoms with Crippen LogP contribution in [0.1, 0.15) is 68.1 Å². The molecule has 0 saturated carbocycles. The molecular weight excluding hydrogens is 542 g/mol. The molecule has 1 aliphatic rings. The number of ether oxygens (including phenoxy) is 2. The minimum absolute atomic E-state index is 0.0291. The lowest BCUT2D eigenvalue weighted by molar-refractivity contribution is -0.645. The highest BCUT2D eigenvalue weighted by Gasteiger charge is 2.33. The van der Waals surface area contributed by atoms with Gasteiger partial charge in [0.1, 0.15) is 0 Å². The molecule has 1 saturated heterocycles. The number of aliphatic hydroxyl groups is 1. The first-order valence-electron chi connectivity index (χ1n) is 13.9. The number of hydrogen-bond donors (Lipinski definition) is 3. The van der Waals surface area contributed by atoms with Crippen molar-refractivity contribution in [2.45, 2.75) is 69.2 Å². The van der Waals surface area contributed by atoms with Gasteiger partial charge in [-0.1, -0.05) is 54.6 Å². The highest BCUT2D eigenvalue weighted by molar-refractivity contribution is 7.99. The fraction of sp³-hybridized carbons (Fsp3) is 0.387. The highest BCUT2D eigenvalue weighted by Crippen LogP contribution is 2.39. The standard InChI is InChI=1S/C31H37N3O6S/c1-22(36)32-16-5-2-3-10-29(37)33-26-9-7-8-25(18-26)31-39-27(21-41-30-11-4-6-17-34(30)38)19-28(40-31)24-14-12-23(20-35)13-15-24/h4,6-9,11-15,17-18,27-28,31,35H,2-3,5,10,16,19-21H2,1H3,(H,32,36)(H,33,37)/t27-,28+,31+/m0/s1. The maximum atomic E-state index is 12.5. The molecule has 9 nitrogen and oxygen atoms in total. The maximum Gasteiger partial charge on any atom is 0.251 e. The third-order valence-corrected chi connectivity index (χ3v) is 7.87. The summed E-state index contributed by atoms with van der Waals surface area (Å²) >= 11 is 1.44. The Bertz CT molecular complexity index is 1290. The number of carbonyl (C=O) groups excluding carboxylic acids is 2. The smallest absolute Gasteiger partial charge is 0.251 e. The number of aromatic nitrogens is 1. The molecule has 0 bridgehead atoms. The van der Waals surface area contributed by atoms with Crippen molar-refractivity contribution in [2.75, 3.05) is 17.6 Å². The molecule has 1 fully saturated rings. The molecule has 0 aliphatic carbocycles. The number of benzene rings is 2. The fourth-order valence-electron chi connectivity index (χ4n) is 4.56. The van der Waals surface area contributed by atoms with Crippen LogP contribution >= 0.6 is 11.8 Å². The molecule has 3 N–H and O–H groups in total. The van der Waals surface area contributed by atoms with Crippen molar-refractivity contribution in [3.63, 3.8) is 0 Å². The van der Waals surface area contributed by atoms with E-state index < -0.39 is 6.29 Å². The molecule has 2 heterocycles. The predicted octanol–water partition coefficient (Wildman–Crippen LogP) is 4.79. The lowest BCUT2D eigenvalue weighted by Crippen LogP contribution is -2.32. The van der Waals surface area contributed by atoms with Crippen LogP contribution < -0.4 is 15.4 Å². The van der Waals surface area contributed by atoms with Crippen LogP contribution in [0.25, 0.3) is 0 Å². The molecule has 41 heavy (non-hydrogen) atoms. The number of anilines is 1. The third-order valence-electron chi connectivity index (χ3n) is 6.72. The lowest BCUT2D eigenvalue weighted by atomic mass is 10.0. The Hall–Kier alpha value is -3.44. The molecular formula is C31H37N3O6S. The van der Waals surface area contributed by atoms with Gasteiger partial charge in [0.15, 0.2) is 12.5 Å². The van der Waals surface area contributed by atoms with Crippen LogP contribution in [-0.4, -0.2) is 35.3 Å². The summed E-state index contributed by atoms with van der Waals surface area (Å²) in [6.07, 6.45) is 3.78. The quantitative estimate of drug-likeness (QED) is 0.115. The monoisotopic (exact) mass is 579 g/mol. The van der Waals surface area contributed by atoms with Crippen molar-refractivity contribution in [3.8, 4) is 0 Å². The third kappa shape index (κ3) is 9.57. The van der Waals surface area contributed by atoms with Crippen molar-refractivity contribution in [2.24, 2.45) is 0 Å². The van der Waals surface area contributed by atoms with E-state index in [1.807, 2.05) is 54.6 Å². The van der Waals surface area contributed by atoms with Crippen LogP contribution in [0, 0.1) is 5.21 Å². The van der Waals surface area contributed by atoms with Crippen molar-refractivity contribution in [1.82, 2.24) is 5.32 Å². The Morgan fingerprint density at radius 1 is 1.02 bits per heavy atom. The first-order valence-corrected chi connectivity index (χ1v) is 14.9. The van der Waals surface area contributed by atoms with Gasteiger partial charge >= 0.3 is 0 Å². The van der Waals surface area contributed by atoms with Gasteiger partial charge in [-0.25, -0.2) is 0 Å². The molecule has 3 aromatic rings. The topological polar surface area (TPSA) is 124 Å². The van der Waals surface area contributed by atoms with E-state index in [9.17, 15) is 19.9 Å². The number of aliphatic hydroxyl groups excluding tert-OH is 1. The molecule has 0 spiro atoms. The number of pyridine rings is 1. The molecule has 218 valence electrons. The van der Waals surface area contributed by atoms with E-state index in [-0.39, 0.29) is 30.6 Å². The number of amides is 2. The van der Waals surface area contributed by atoms with Crippen LogP contribution in [0.4, 0.5) is 5.69 Å². The Kier molecular flexibility index (Phi) is 11.6.